The van der Waals surface area contributed by atoms with Gasteiger partial charge in [0.15, 0.2) is 5.69 Å². The number of pyridine rings is 1. The van der Waals surface area contributed by atoms with E-state index in [0.29, 0.717) is 30.3 Å². The summed E-state index contributed by atoms with van der Waals surface area (Å²) in [6.07, 6.45) is -1.96. The van der Waals surface area contributed by atoms with E-state index in [2.05, 4.69) is 15.4 Å². The molecule has 2 aromatic heterocycles. The maximum absolute atomic E-state index is 14.3. The van der Waals surface area contributed by atoms with Crippen LogP contribution in [0.15, 0.2) is 48.8 Å². The standard InChI is InChI=1S/C22H19F4N5O3/c23-17-11-15(4-5-16(17)22(24,25)26)31-19(14-3-1-6-27-13-14)12-18(29-31)20(32)30-8-2-10-34-21(33)28-7-9-30/h1,3-6,11-13H,2,7-10H2,(H,28,33). The summed E-state index contributed by atoms with van der Waals surface area (Å²) in [6.45, 7) is 0.816. The summed E-state index contributed by atoms with van der Waals surface area (Å²) in [7, 11) is 0. The fourth-order valence-corrected chi connectivity index (χ4v) is 3.51. The van der Waals surface area contributed by atoms with Crippen LogP contribution in [0.25, 0.3) is 16.9 Å². The van der Waals surface area contributed by atoms with Crippen molar-refractivity contribution in [3.63, 3.8) is 0 Å². The number of cyclic esters (lactones) is 1. The van der Waals surface area contributed by atoms with Crippen molar-refractivity contribution in [1.29, 1.82) is 0 Å². The fourth-order valence-electron chi connectivity index (χ4n) is 3.51. The largest absolute Gasteiger partial charge is 0.449 e. The number of aromatic nitrogens is 3. The van der Waals surface area contributed by atoms with Crippen molar-refractivity contribution in [3.8, 4) is 16.9 Å². The monoisotopic (exact) mass is 477 g/mol. The zero-order valence-corrected chi connectivity index (χ0v) is 17.7. The van der Waals surface area contributed by atoms with Gasteiger partial charge in [-0.2, -0.15) is 18.3 Å². The molecule has 4 rings (SSSR count). The first kappa shape index (κ1) is 23.2. The molecule has 12 heteroatoms. The van der Waals surface area contributed by atoms with Gasteiger partial charge < -0.3 is 15.0 Å². The van der Waals surface area contributed by atoms with Gasteiger partial charge in [-0.1, -0.05) is 0 Å². The van der Waals surface area contributed by atoms with Crippen LogP contribution >= 0.6 is 0 Å². The van der Waals surface area contributed by atoms with Crippen LogP contribution in [0.4, 0.5) is 22.4 Å². The number of carbonyl (C=O) groups excluding carboxylic acids is 2. The third-order valence-electron chi connectivity index (χ3n) is 5.13. The Kier molecular flexibility index (Phi) is 6.48. The van der Waals surface area contributed by atoms with Gasteiger partial charge in [0.2, 0.25) is 0 Å². The van der Waals surface area contributed by atoms with Gasteiger partial charge in [0.25, 0.3) is 5.91 Å². The number of alkyl carbamates (subject to hydrolysis) is 1. The van der Waals surface area contributed by atoms with Gasteiger partial charge in [0.05, 0.1) is 23.6 Å². The van der Waals surface area contributed by atoms with Crippen molar-refractivity contribution in [3.05, 3.63) is 65.9 Å². The first-order valence-corrected chi connectivity index (χ1v) is 10.3. The lowest BCUT2D eigenvalue weighted by atomic mass is 10.1. The maximum Gasteiger partial charge on any atom is 0.419 e. The molecule has 1 aliphatic heterocycles. The number of hydrogen-bond acceptors (Lipinski definition) is 5. The first-order valence-electron chi connectivity index (χ1n) is 10.3. The molecule has 3 heterocycles. The predicted octanol–water partition coefficient (Wildman–Crippen LogP) is 3.66. The van der Waals surface area contributed by atoms with E-state index >= 15 is 0 Å². The van der Waals surface area contributed by atoms with Gasteiger partial charge in [-0.15, -0.1) is 0 Å². The molecule has 0 radical (unpaired) electrons. The molecule has 34 heavy (non-hydrogen) atoms. The summed E-state index contributed by atoms with van der Waals surface area (Å²) in [4.78, 5) is 30.2. The van der Waals surface area contributed by atoms with Crippen LogP contribution in [0.2, 0.25) is 0 Å². The van der Waals surface area contributed by atoms with Gasteiger partial charge in [0, 0.05) is 43.7 Å². The Morgan fingerprint density at radius 1 is 1.15 bits per heavy atom. The molecule has 0 unspecified atom stereocenters. The lowest BCUT2D eigenvalue weighted by molar-refractivity contribution is -0.140. The van der Waals surface area contributed by atoms with E-state index in [1.54, 1.807) is 12.1 Å². The summed E-state index contributed by atoms with van der Waals surface area (Å²) >= 11 is 0. The van der Waals surface area contributed by atoms with Gasteiger partial charge >= 0.3 is 12.3 Å². The molecule has 3 aromatic rings. The van der Waals surface area contributed by atoms with Crippen LogP contribution in [0.5, 0.6) is 0 Å². The molecule has 1 N–H and O–H groups in total. The molecule has 1 aromatic carbocycles. The molecule has 0 atom stereocenters. The number of halogens is 4. The number of nitrogens with one attached hydrogen (secondary N) is 1. The third kappa shape index (κ3) is 5.00. The minimum atomic E-state index is -4.84. The number of hydrogen-bond donors (Lipinski definition) is 1. The minimum Gasteiger partial charge on any atom is -0.449 e. The predicted molar refractivity (Wildman–Crippen MR) is 112 cm³/mol. The van der Waals surface area contributed by atoms with Gasteiger partial charge in [-0.3, -0.25) is 9.78 Å². The van der Waals surface area contributed by atoms with Crippen LogP contribution in [-0.4, -0.2) is 57.9 Å². The Morgan fingerprint density at radius 2 is 1.97 bits per heavy atom. The number of amides is 2. The Morgan fingerprint density at radius 3 is 2.68 bits per heavy atom. The number of alkyl halides is 3. The van der Waals surface area contributed by atoms with Crippen LogP contribution in [0, 0.1) is 5.82 Å². The summed E-state index contributed by atoms with van der Waals surface area (Å²) in [5.74, 6) is -1.91. The minimum absolute atomic E-state index is 0.00523. The number of rotatable bonds is 3. The molecule has 0 spiro atoms. The Bertz CT molecular complexity index is 1200. The number of benzene rings is 1. The second kappa shape index (κ2) is 9.49. The second-order valence-corrected chi connectivity index (χ2v) is 7.44. The summed E-state index contributed by atoms with van der Waals surface area (Å²) in [6, 6.07) is 7.23. The topological polar surface area (TPSA) is 89.4 Å². The molecule has 1 aliphatic rings. The van der Waals surface area contributed by atoms with Crippen LogP contribution in [0.3, 0.4) is 0 Å². The Labute approximate surface area is 191 Å². The van der Waals surface area contributed by atoms with Crippen molar-refractivity contribution in [2.24, 2.45) is 0 Å². The molecular formula is C22H19F4N5O3. The highest BCUT2D eigenvalue weighted by atomic mass is 19.4. The number of nitrogens with zero attached hydrogens (tertiary/aromatic N) is 4. The maximum atomic E-state index is 14.3. The zero-order valence-electron chi connectivity index (χ0n) is 17.7. The fraction of sp³-hybridized carbons (Fsp3) is 0.273. The molecule has 1 saturated heterocycles. The molecule has 0 aliphatic carbocycles. The van der Waals surface area contributed by atoms with Crippen molar-refractivity contribution in [2.75, 3.05) is 26.2 Å². The summed E-state index contributed by atoms with van der Waals surface area (Å²) < 4.78 is 59.4. The molecule has 178 valence electrons. The van der Waals surface area contributed by atoms with E-state index in [1.807, 2.05) is 0 Å². The van der Waals surface area contributed by atoms with Gasteiger partial charge in [0.1, 0.15) is 5.82 Å². The van der Waals surface area contributed by atoms with Crippen molar-refractivity contribution < 1.29 is 31.9 Å². The molecule has 0 bridgehead atoms. The van der Waals surface area contributed by atoms with Crippen molar-refractivity contribution in [2.45, 2.75) is 12.6 Å². The molecule has 8 nitrogen and oxygen atoms in total. The molecule has 0 saturated carbocycles. The van der Waals surface area contributed by atoms with Crippen LogP contribution in [-0.2, 0) is 10.9 Å². The van der Waals surface area contributed by atoms with Gasteiger partial charge in [-0.05, 0) is 36.8 Å². The first-order chi connectivity index (χ1) is 16.2. The average molecular weight is 477 g/mol. The lowest BCUT2D eigenvalue weighted by Gasteiger charge is -2.20. The Balaban J connectivity index is 1.73. The lowest BCUT2D eigenvalue weighted by Crippen LogP contribution is -2.38. The highest BCUT2D eigenvalue weighted by Crippen LogP contribution is 2.33. The molecule has 1 fully saturated rings. The van der Waals surface area contributed by atoms with Crippen molar-refractivity contribution >= 4 is 12.0 Å². The molecule has 2 amide bonds. The quantitative estimate of drug-likeness (QED) is 0.582. The highest BCUT2D eigenvalue weighted by molar-refractivity contribution is 5.93. The zero-order chi connectivity index (χ0) is 24.3. The SMILES string of the molecule is O=C1NCCN(C(=O)c2cc(-c3cccnc3)n(-c3ccc(C(F)(F)F)c(F)c3)n2)CCCO1. The van der Waals surface area contributed by atoms with E-state index in [1.165, 1.54) is 28.0 Å². The second-order valence-electron chi connectivity index (χ2n) is 7.44. The number of carbonyl (C=O) groups is 2. The van der Waals surface area contributed by atoms with E-state index in [4.69, 9.17) is 4.74 Å². The van der Waals surface area contributed by atoms with E-state index in [9.17, 15) is 27.2 Å². The smallest absolute Gasteiger partial charge is 0.419 e. The van der Waals surface area contributed by atoms with Crippen LogP contribution < -0.4 is 5.32 Å². The summed E-state index contributed by atoms with van der Waals surface area (Å²) in [5, 5.41) is 6.82. The van der Waals surface area contributed by atoms with Gasteiger partial charge in [-0.25, -0.2) is 13.9 Å². The normalized spacial score (nSPS) is 15.1. The van der Waals surface area contributed by atoms with Crippen molar-refractivity contribution in [1.82, 2.24) is 25.0 Å². The third-order valence-corrected chi connectivity index (χ3v) is 5.13. The molecular weight excluding hydrogens is 458 g/mol. The van der Waals surface area contributed by atoms with E-state index in [-0.39, 0.29) is 31.1 Å². The van der Waals surface area contributed by atoms with Crippen LogP contribution in [0.1, 0.15) is 22.5 Å². The number of ether oxygens (including phenoxy) is 1. The average Bonchev–Trinajstić information content (AvgIpc) is 3.28. The van der Waals surface area contributed by atoms with E-state index < -0.39 is 29.6 Å². The highest BCUT2D eigenvalue weighted by Gasteiger charge is 2.34. The Hall–Kier alpha value is -3.96. The summed E-state index contributed by atoms with van der Waals surface area (Å²) in [5.41, 5.74) is -0.515. The van der Waals surface area contributed by atoms with E-state index in [0.717, 1.165) is 12.1 Å².